The fourth-order valence-electron chi connectivity index (χ4n) is 1.40. The molecule has 0 aliphatic rings. The Morgan fingerprint density at radius 2 is 2.00 bits per heavy atom. The van der Waals surface area contributed by atoms with Gasteiger partial charge >= 0.3 is 5.97 Å². The summed E-state index contributed by atoms with van der Waals surface area (Å²) in [6, 6.07) is 4.59. The lowest BCUT2D eigenvalue weighted by Gasteiger charge is -2.10. The molecule has 0 spiro atoms. The van der Waals surface area contributed by atoms with E-state index in [4.69, 9.17) is 14.6 Å². The number of benzene rings is 1. The van der Waals surface area contributed by atoms with Gasteiger partial charge in [0.2, 0.25) is 0 Å². The molecule has 0 aromatic heterocycles. The van der Waals surface area contributed by atoms with E-state index in [1.807, 2.05) is 6.92 Å². The Bertz CT molecular complexity index is 518. The van der Waals surface area contributed by atoms with Gasteiger partial charge in [0.15, 0.2) is 0 Å². The molecule has 0 aliphatic carbocycles. The third-order valence-corrected chi connectivity index (χ3v) is 2.24. The Morgan fingerprint density at radius 1 is 1.32 bits per heavy atom. The number of hydrogen-bond donors (Lipinski definition) is 2. The number of carbonyl (C=O) groups is 2. The van der Waals surface area contributed by atoms with Gasteiger partial charge in [0.1, 0.15) is 17.3 Å². The molecule has 0 saturated carbocycles. The number of methoxy groups -OCH3 is 1. The van der Waals surface area contributed by atoms with Gasteiger partial charge in [-0.2, -0.15) is 0 Å². The fourth-order valence-corrected chi connectivity index (χ4v) is 1.40. The van der Waals surface area contributed by atoms with E-state index in [0.29, 0.717) is 18.4 Å². The van der Waals surface area contributed by atoms with Gasteiger partial charge in [0.05, 0.1) is 19.3 Å². The van der Waals surface area contributed by atoms with Crippen molar-refractivity contribution in [1.82, 2.24) is 0 Å². The Balaban J connectivity index is 3.12. The molecule has 1 aromatic rings. The van der Waals surface area contributed by atoms with Crippen LogP contribution in [0.5, 0.6) is 11.5 Å². The van der Waals surface area contributed by atoms with E-state index < -0.39 is 17.5 Å². The quantitative estimate of drug-likeness (QED) is 0.462. The molecule has 0 bridgehead atoms. The van der Waals surface area contributed by atoms with Gasteiger partial charge in [-0.05, 0) is 19.1 Å². The van der Waals surface area contributed by atoms with Crippen LogP contribution in [0.4, 0.5) is 0 Å². The second-order valence-electron chi connectivity index (χ2n) is 3.49. The van der Waals surface area contributed by atoms with Crippen molar-refractivity contribution in [2.24, 2.45) is 0 Å². The first kappa shape index (κ1) is 14.6. The molecule has 0 radical (unpaired) electrons. The topological polar surface area (TPSA) is 93.1 Å². The summed E-state index contributed by atoms with van der Waals surface area (Å²) >= 11 is 0. The van der Waals surface area contributed by atoms with Gasteiger partial charge in [0.25, 0.3) is 5.78 Å². The highest BCUT2D eigenvalue weighted by Crippen LogP contribution is 2.29. The van der Waals surface area contributed by atoms with Crippen LogP contribution in [0.25, 0.3) is 5.76 Å². The predicted molar refractivity (Wildman–Crippen MR) is 67.4 cm³/mol. The van der Waals surface area contributed by atoms with Gasteiger partial charge in [-0.3, -0.25) is 4.79 Å². The van der Waals surface area contributed by atoms with E-state index in [0.717, 1.165) is 0 Å². The first-order valence-corrected chi connectivity index (χ1v) is 5.48. The third kappa shape index (κ3) is 3.74. The molecule has 0 fully saturated rings. The number of aliphatic hydroxyl groups excluding tert-OH is 1. The number of carboxylic acids is 1. The maximum atomic E-state index is 11.0. The molecule has 2 N–H and O–H groups in total. The van der Waals surface area contributed by atoms with E-state index in [1.165, 1.54) is 19.2 Å². The number of carbonyl (C=O) groups excluding carboxylic acids is 1. The average molecular weight is 266 g/mol. The second kappa shape index (κ2) is 6.44. The molecule has 0 heterocycles. The monoisotopic (exact) mass is 266 g/mol. The maximum absolute atomic E-state index is 11.0. The highest BCUT2D eigenvalue weighted by atomic mass is 16.5. The molecule has 0 saturated heterocycles. The lowest BCUT2D eigenvalue weighted by atomic mass is 10.1. The number of ketones is 1. The fraction of sp³-hybridized carbons (Fsp3) is 0.231. The van der Waals surface area contributed by atoms with Crippen molar-refractivity contribution in [3.63, 3.8) is 0 Å². The largest absolute Gasteiger partial charge is 0.507 e. The van der Waals surface area contributed by atoms with Crippen LogP contribution in [0.1, 0.15) is 12.5 Å². The third-order valence-electron chi connectivity index (χ3n) is 2.24. The summed E-state index contributed by atoms with van der Waals surface area (Å²) < 4.78 is 10.3. The minimum Gasteiger partial charge on any atom is -0.507 e. The van der Waals surface area contributed by atoms with Gasteiger partial charge in [0, 0.05) is 12.1 Å². The van der Waals surface area contributed by atoms with Gasteiger partial charge in [-0.1, -0.05) is 0 Å². The van der Waals surface area contributed by atoms with Gasteiger partial charge in [-0.15, -0.1) is 0 Å². The number of hydrogen-bond acceptors (Lipinski definition) is 5. The number of ether oxygens (including phenoxy) is 2. The maximum Gasteiger partial charge on any atom is 0.376 e. The Kier molecular flexibility index (Phi) is 4.93. The van der Waals surface area contributed by atoms with Crippen LogP contribution in [0.2, 0.25) is 0 Å². The number of aliphatic hydroxyl groups is 1. The van der Waals surface area contributed by atoms with Crippen molar-refractivity contribution in [1.29, 1.82) is 0 Å². The Labute approximate surface area is 109 Å². The van der Waals surface area contributed by atoms with Crippen LogP contribution in [0, 0.1) is 0 Å². The second-order valence-corrected chi connectivity index (χ2v) is 3.49. The number of aliphatic carboxylic acids is 1. The van der Waals surface area contributed by atoms with Crippen molar-refractivity contribution in [3.05, 3.63) is 29.8 Å². The summed E-state index contributed by atoms with van der Waals surface area (Å²) in [6.45, 7) is 2.30. The van der Waals surface area contributed by atoms with Crippen molar-refractivity contribution in [3.8, 4) is 11.5 Å². The Morgan fingerprint density at radius 3 is 2.53 bits per heavy atom. The van der Waals surface area contributed by atoms with Crippen molar-refractivity contribution < 1.29 is 29.3 Å². The van der Waals surface area contributed by atoms with E-state index in [2.05, 4.69) is 0 Å². The molecule has 6 heteroatoms. The van der Waals surface area contributed by atoms with Gasteiger partial charge in [-0.25, -0.2) is 4.79 Å². The molecule has 1 aromatic carbocycles. The molecular weight excluding hydrogens is 252 g/mol. The minimum atomic E-state index is -1.64. The standard InChI is InChI=1S/C13H14O6/c1-3-19-8-4-5-9(12(6-8)18-2)10(14)7-11(15)13(16)17/h4-7,14H,3H2,1-2H3,(H,16,17)/b10-7-. The minimum absolute atomic E-state index is 0.209. The SMILES string of the molecule is CCOc1ccc(/C(O)=C/C(=O)C(=O)O)c(OC)c1. The molecule has 19 heavy (non-hydrogen) atoms. The van der Waals surface area contributed by atoms with Crippen molar-refractivity contribution >= 4 is 17.5 Å². The zero-order valence-corrected chi connectivity index (χ0v) is 10.5. The summed E-state index contributed by atoms with van der Waals surface area (Å²) in [7, 11) is 1.39. The molecule has 1 rings (SSSR count). The smallest absolute Gasteiger partial charge is 0.376 e. The molecule has 102 valence electrons. The highest BCUT2D eigenvalue weighted by Gasteiger charge is 2.14. The van der Waals surface area contributed by atoms with Crippen LogP contribution in [-0.4, -0.2) is 35.7 Å². The molecule has 6 nitrogen and oxygen atoms in total. The number of carboxylic acid groups (broad SMARTS) is 1. The predicted octanol–water partition coefficient (Wildman–Crippen LogP) is 1.65. The van der Waals surface area contributed by atoms with Crippen LogP contribution in [0.3, 0.4) is 0 Å². The molecule has 0 aliphatic heterocycles. The summed E-state index contributed by atoms with van der Waals surface area (Å²) in [6.07, 6.45) is 0.626. The van der Waals surface area contributed by atoms with Crippen molar-refractivity contribution in [2.45, 2.75) is 6.92 Å². The van der Waals surface area contributed by atoms with Gasteiger partial charge < -0.3 is 19.7 Å². The zero-order chi connectivity index (χ0) is 14.4. The normalized spacial score (nSPS) is 10.9. The summed E-state index contributed by atoms with van der Waals surface area (Å²) in [5.41, 5.74) is 0.209. The molecule has 0 amide bonds. The molecule has 0 unspecified atom stereocenters. The van der Waals surface area contributed by atoms with Crippen LogP contribution in [-0.2, 0) is 9.59 Å². The number of rotatable bonds is 6. The highest BCUT2D eigenvalue weighted by molar-refractivity contribution is 6.38. The van der Waals surface area contributed by atoms with Crippen LogP contribution < -0.4 is 9.47 Å². The first-order chi connectivity index (χ1) is 8.99. The lowest BCUT2D eigenvalue weighted by molar-refractivity contribution is -0.146. The zero-order valence-electron chi connectivity index (χ0n) is 10.5. The van der Waals surface area contributed by atoms with E-state index >= 15 is 0 Å². The van der Waals surface area contributed by atoms with Crippen LogP contribution in [0.15, 0.2) is 24.3 Å². The average Bonchev–Trinajstić information content (AvgIpc) is 2.38. The van der Waals surface area contributed by atoms with E-state index in [1.54, 1.807) is 6.07 Å². The first-order valence-electron chi connectivity index (χ1n) is 5.48. The van der Waals surface area contributed by atoms with E-state index in [9.17, 15) is 14.7 Å². The lowest BCUT2D eigenvalue weighted by Crippen LogP contribution is -2.09. The summed E-state index contributed by atoms with van der Waals surface area (Å²) in [5, 5.41) is 18.2. The summed E-state index contributed by atoms with van der Waals surface area (Å²) in [4.78, 5) is 21.4. The van der Waals surface area contributed by atoms with Crippen LogP contribution >= 0.6 is 0 Å². The molecular formula is C13H14O6. The summed E-state index contributed by atoms with van der Waals surface area (Å²) in [5.74, 6) is -2.52. The van der Waals surface area contributed by atoms with Crippen molar-refractivity contribution in [2.75, 3.05) is 13.7 Å². The molecule has 0 atom stereocenters. The Hall–Kier alpha value is -2.50. The van der Waals surface area contributed by atoms with E-state index in [-0.39, 0.29) is 11.3 Å².